The van der Waals surface area contributed by atoms with E-state index in [4.69, 9.17) is 4.74 Å². The lowest BCUT2D eigenvalue weighted by atomic mass is 10.1. The molecule has 5 rings (SSSR count). The van der Waals surface area contributed by atoms with Crippen LogP contribution in [0.2, 0.25) is 0 Å². The summed E-state index contributed by atoms with van der Waals surface area (Å²) in [5.74, 6) is -0.112. The molecule has 0 aliphatic carbocycles. The summed E-state index contributed by atoms with van der Waals surface area (Å²) < 4.78 is 51.0. The van der Waals surface area contributed by atoms with E-state index in [9.17, 15) is 18.4 Å². The molecule has 11 heteroatoms. The number of fused-ring (bicyclic) bond motifs is 1. The van der Waals surface area contributed by atoms with Gasteiger partial charge in [-0.1, -0.05) is 35.5 Å². The van der Waals surface area contributed by atoms with Gasteiger partial charge in [-0.05, 0) is 38.9 Å². The number of benzene rings is 1. The van der Waals surface area contributed by atoms with E-state index < -0.39 is 12.3 Å². The number of nitriles is 1. The smallest absolute Gasteiger partial charge is 0.429 e. The highest BCUT2D eigenvalue weighted by molar-refractivity contribution is 5.74. The summed E-state index contributed by atoms with van der Waals surface area (Å²) in [4.78, 5) is 0. The van der Waals surface area contributed by atoms with Crippen molar-refractivity contribution in [2.24, 2.45) is 0 Å². The number of alkyl halides is 3. The highest BCUT2D eigenvalue weighted by Crippen LogP contribution is 2.40. The van der Waals surface area contributed by atoms with Crippen LogP contribution in [-0.4, -0.2) is 43.9 Å². The molecule has 8 nitrogen and oxygen atoms in total. The number of halogens is 3. The quantitative estimate of drug-likeness (QED) is 0.455. The Morgan fingerprint density at radius 3 is 2.63 bits per heavy atom. The average molecular weight is 481 g/mol. The maximum absolute atomic E-state index is 14.1. The van der Waals surface area contributed by atoms with Gasteiger partial charge < -0.3 is 10.1 Å². The van der Waals surface area contributed by atoms with Gasteiger partial charge in [0.05, 0.1) is 17.9 Å². The summed E-state index contributed by atoms with van der Waals surface area (Å²) in [6.45, 7) is 3.64. The number of hydrogen-bond donors (Lipinski definition) is 1. The lowest BCUT2D eigenvalue weighted by molar-refractivity contribution is -0.197. The predicted molar refractivity (Wildman–Crippen MR) is 121 cm³/mol. The van der Waals surface area contributed by atoms with Crippen LogP contribution in [-0.2, 0) is 0 Å². The van der Waals surface area contributed by atoms with E-state index in [0.717, 1.165) is 31.6 Å². The molecule has 4 heterocycles. The standard InChI is InChI=1S/C24H22F3N7O/c1-15-21(31-32-34(15)19-7-9-29-10-8-19)17-11-20(22-18(12-28)13-30-33(22)14-17)35-23(24(25,26)27)16-5-3-2-4-6-16/h2-6,11,13-14,19,23,29H,7-10H2,1H3/t23-/m0/s1. The minimum atomic E-state index is -4.69. The van der Waals surface area contributed by atoms with E-state index in [-0.39, 0.29) is 28.4 Å². The van der Waals surface area contributed by atoms with Crippen LogP contribution in [0.25, 0.3) is 16.8 Å². The van der Waals surface area contributed by atoms with Gasteiger partial charge in [-0.2, -0.15) is 23.5 Å². The van der Waals surface area contributed by atoms with E-state index >= 15 is 0 Å². The highest BCUT2D eigenvalue weighted by atomic mass is 19.4. The van der Waals surface area contributed by atoms with Gasteiger partial charge in [-0.15, -0.1) is 5.10 Å². The van der Waals surface area contributed by atoms with E-state index in [1.165, 1.54) is 41.0 Å². The van der Waals surface area contributed by atoms with E-state index in [1.54, 1.807) is 12.3 Å². The number of aromatic nitrogens is 5. The van der Waals surface area contributed by atoms with Crippen LogP contribution in [0.3, 0.4) is 0 Å². The Kier molecular flexibility index (Phi) is 5.90. The van der Waals surface area contributed by atoms with Crippen molar-refractivity contribution in [3.8, 4) is 23.1 Å². The molecule has 180 valence electrons. The second-order valence-electron chi connectivity index (χ2n) is 8.46. The summed E-state index contributed by atoms with van der Waals surface area (Å²) in [5.41, 5.74) is 2.03. The zero-order valence-corrected chi connectivity index (χ0v) is 18.8. The van der Waals surface area contributed by atoms with Crippen LogP contribution in [0.4, 0.5) is 13.2 Å². The Morgan fingerprint density at radius 1 is 1.20 bits per heavy atom. The summed E-state index contributed by atoms with van der Waals surface area (Å²) in [6.07, 6.45) is -2.17. The Balaban J connectivity index is 1.61. The largest absolute Gasteiger partial charge is 0.474 e. The number of ether oxygens (including phenoxy) is 1. The van der Waals surface area contributed by atoms with Gasteiger partial charge in [0, 0.05) is 17.3 Å². The molecule has 1 saturated heterocycles. The van der Waals surface area contributed by atoms with Crippen molar-refractivity contribution in [2.45, 2.75) is 38.1 Å². The highest BCUT2D eigenvalue weighted by Gasteiger charge is 2.43. The Hall–Kier alpha value is -3.91. The molecule has 1 N–H and O–H groups in total. The molecule has 0 bridgehead atoms. The third-order valence-electron chi connectivity index (χ3n) is 6.20. The monoisotopic (exact) mass is 481 g/mol. The molecule has 1 atom stereocenters. The number of nitrogens with zero attached hydrogens (tertiary/aromatic N) is 6. The van der Waals surface area contributed by atoms with Crippen molar-refractivity contribution in [3.63, 3.8) is 0 Å². The third-order valence-corrected chi connectivity index (χ3v) is 6.20. The summed E-state index contributed by atoms with van der Waals surface area (Å²) >= 11 is 0. The van der Waals surface area contributed by atoms with Crippen LogP contribution in [0.5, 0.6) is 5.75 Å². The minimum Gasteiger partial charge on any atom is -0.474 e. The first-order chi connectivity index (χ1) is 16.9. The number of hydrogen-bond acceptors (Lipinski definition) is 6. The van der Waals surface area contributed by atoms with Gasteiger partial charge in [-0.3, -0.25) is 0 Å². The van der Waals surface area contributed by atoms with Crippen LogP contribution in [0.15, 0.2) is 48.8 Å². The van der Waals surface area contributed by atoms with Crippen LogP contribution in [0.1, 0.15) is 41.8 Å². The molecule has 0 amide bonds. The van der Waals surface area contributed by atoms with Crippen molar-refractivity contribution >= 4 is 5.52 Å². The van der Waals surface area contributed by atoms with Gasteiger partial charge in [0.1, 0.15) is 28.6 Å². The molecule has 1 aromatic carbocycles. The maximum Gasteiger partial charge on any atom is 0.429 e. The molecule has 4 aromatic rings. The zero-order valence-electron chi connectivity index (χ0n) is 18.8. The summed E-state index contributed by atoms with van der Waals surface area (Å²) in [5, 5.41) is 25.7. The maximum atomic E-state index is 14.1. The fourth-order valence-electron chi connectivity index (χ4n) is 4.47. The summed E-state index contributed by atoms with van der Waals surface area (Å²) in [7, 11) is 0. The Labute approximate surface area is 198 Å². The normalized spacial score (nSPS) is 15.7. The molecule has 0 radical (unpaired) electrons. The predicted octanol–water partition coefficient (Wildman–Crippen LogP) is 4.38. The Morgan fingerprint density at radius 2 is 1.94 bits per heavy atom. The number of rotatable bonds is 5. The topological polar surface area (TPSA) is 93.1 Å². The molecule has 0 unspecified atom stereocenters. The van der Waals surface area contributed by atoms with Crippen LogP contribution < -0.4 is 10.1 Å². The van der Waals surface area contributed by atoms with Crippen molar-refractivity contribution in [1.29, 1.82) is 5.26 Å². The van der Waals surface area contributed by atoms with Crippen molar-refractivity contribution in [2.75, 3.05) is 13.1 Å². The second kappa shape index (κ2) is 9.03. The van der Waals surface area contributed by atoms with Crippen LogP contribution in [0, 0.1) is 18.3 Å². The SMILES string of the molecule is Cc1c(-c2cc(O[C@@H](c3ccccc3)C(F)(F)F)c3c(C#N)cnn3c2)nnn1C1CCNCC1. The molecule has 0 spiro atoms. The molecular weight excluding hydrogens is 459 g/mol. The molecular formula is C24H22F3N7O. The lowest BCUT2D eigenvalue weighted by Crippen LogP contribution is -2.30. The van der Waals surface area contributed by atoms with E-state index in [1.807, 2.05) is 17.7 Å². The first-order valence-electron chi connectivity index (χ1n) is 11.2. The first-order valence-corrected chi connectivity index (χ1v) is 11.2. The van der Waals surface area contributed by atoms with E-state index in [0.29, 0.717) is 11.3 Å². The molecule has 1 fully saturated rings. The van der Waals surface area contributed by atoms with Crippen molar-refractivity contribution in [1.82, 2.24) is 29.9 Å². The van der Waals surface area contributed by atoms with Crippen LogP contribution >= 0.6 is 0 Å². The minimum absolute atomic E-state index is 0.0467. The lowest BCUT2D eigenvalue weighted by Gasteiger charge is -2.23. The van der Waals surface area contributed by atoms with Crippen molar-refractivity contribution in [3.05, 3.63) is 65.6 Å². The van der Waals surface area contributed by atoms with Gasteiger partial charge >= 0.3 is 6.18 Å². The van der Waals surface area contributed by atoms with Gasteiger partial charge in [-0.25, -0.2) is 9.20 Å². The fourth-order valence-corrected chi connectivity index (χ4v) is 4.47. The molecule has 35 heavy (non-hydrogen) atoms. The number of piperidine rings is 1. The van der Waals surface area contributed by atoms with Gasteiger partial charge in [0.25, 0.3) is 0 Å². The van der Waals surface area contributed by atoms with E-state index in [2.05, 4.69) is 20.7 Å². The molecule has 0 saturated carbocycles. The fraction of sp³-hybridized carbons (Fsp3) is 0.333. The summed E-state index contributed by atoms with van der Waals surface area (Å²) in [6, 6.07) is 11.0. The molecule has 1 aliphatic rings. The average Bonchev–Trinajstić information content (AvgIpc) is 3.46. The number of nitrogens with one attached hydrogen (secondary N) is 1. The van der Waals surface area contributed by atoms with Gasteiger partial charge in [0.2, 0.25) is 6.10 Å². The van der Waals surface area contributed by atoms with Gasteiger partial charge in [0.15, 0.2) is 0 Å². The Bertz CT molecular complexity index is 1380. The first kappa shape index (κ1) is 22.9. The third kappa shape index (κ3) is 4.33. The second-order valence-corrected chi connectivity index (χ2v) is 8.46. The van der Waals surface area contributed by atoms with Crippen molar-refractivity contribution < 1.29 is 17.9 Å². The zero-order chi connectivity index (χ0) is 24.6. The molecule has 1 aliphatic heterocycles. The molecule has 3 aromatic heterocycles. The number of pyridine rings is 1.